The van der Waals surface area contributed by atoms with Crippen LogP contribution in [0.4, 0.5) is 0 Å². The first-order valence-electron chi connectivity index (χ1n) is 5.09. The molecule has 0 amide bonds. The van der Waals surface area contributed by atoms with Gasteiger partial charge in [0.05, 0.1) is 13.7 Å². The Morgan fingerprint density at radius 2 is 1.87 bits per heavy atom. The van der Waals surface area contributed by atoms with Gasteiger partial charge in [0.15, 0.2) is 0 Å². The molecule has 1 aromatic carbocycles. The Labute approximate surface area is 90.9 Å². The maximum absolute atomic E-state index is 8.89. The number of ether oxygens (including phenoxy) is 1. The molecular weight excluding hydrogens is 190 g/mol. The van der Waals surface area contributed by atoms with Gasteiger partial charge in [-0.05, 0) is 37.0 Å². The van der Waals surface area contributed by atoms with Gasteiger partial charge < -0.3 is 15.6 Å². The Bertz CT molecular complexity index is 313. The Kier molecular flexibility index (Phi) is 4.12. The van der Waals surface area contributed by atoms with Crippen molar-refractivity contribution in [2.24, 2.45) is 5.73 Å². The fourth-order valence-electron chi connectivity index (χ4n) is 1.85. The van der Waals surface area contributed by atoms with Gasteiger partial charge in [-0.25, -0.2) is 0 Å². The summed E-state index contributed by atoms with van der Waals surface area (Å²) in [5.74, 6) is 0.927. The van der Waals surface area contributed by atoms with Crippen LogP contribution in [-0.2, 0) is 6.42 Å². The van der Waals surface area contributed by atoms with Crippen LogP contribution in [0.5, 0.6) is 5.75 Å². The van der Waals surface area contributed by atoms with Crippen LogP contribution in [0.25, 0.3) is 0 Å². The van der Waals surface area contributed by atoms with Crippen molar-refractivity contribution >= 4 is 0 Å². The number of aliphatic hydroxyl groups is 1. The van der Waals surface area contributed by atoms with Gasteiger partial charge in [-0.2, -0.15) is 0 Å². The normalized spacial score (nSPS) is 12.6. The van der Waals surface area contributed by atoms with Crippen molar-refractivity contribution in [3.8, 4) is 5.75 Å². The molecule has 3 nitrogen and oxygen atoms in total. The Balaban J connectivity index is 2.93. The highest BCUT2D eigenvalue weighted by atomic mass is 16.5. The average Bonchev–Trinajstić information content (AvgIpc) is 2.17. The summed E-state index contributed by atoms with van der Waals surface area (Å²) in [6, 6.07) is 3.93. The lowest BCUT2D eigenvalue weighted by molar-refractivity contribution is 0.265. The number of hydrogen-bond donors (Lipinski definition) is 2. The third-order valence-corrected chi connectivity index (χ3v) is 2.46. The van der Waals surface area contributed by atoms with Gasteiger partial charge in [-0.1, -0.05) is 12.1 Å². The van der Waals surface area contributed by atoms with Crippen molar-refractivity contribution in [2.45, 2.75) is 26.3 Å². The number of aliphatic hydroxyl groups excluding tert-OH is 1. The van der Waals surface area contributed by atoms with E-state index in [1.54, 1.807) is 7.11 Å². The van der Waals surface area contributed by atoms with E-state index in [0.717, 1.165) is 22.4 Å². The predicted octanol–water partition coefficient (Wildman–Crippen LogP) is 1.17. The first-order chi connectivity index (χ1) is 7.08. The van der Waals surface area contributed by atoms with Crippen molar-refractivity contribution in [1.29, 1.82) is 0 Å². The van der Waals surface area contributed by atoms with Gasteiger partial charge in [-0.3, -0.25) is 0 Å². The van der Waals surface area contributed by atoms with Crippen LogP contribution < -0.4 is 10.5 Å². The van der Waals surface area contributed by atoms with E-state index in [4.69, 9.17) is 15.6 Å². The standard InChI is InChI=1S/C12H19NO2/c1-8-4-10(6-11(13)7-14)5-9(2)12(8)15-3/h4-5,11,14H,6-7,13H2,1-3H3. The quantitative estimate of drug-likeness (QED) is 0.782. The van der Waals surface area contributed by atoms with Crippen molar-refractivity contribution in [2.75, 3.05) is 13.7 Å². The summed E-state index contributed by atoms with van der Waals surface area (Å²) in [6.45, 7) is 4.05. The van der Waals surface area contributed by atoms with E-state index < -0.39 is 0 Å². The molecule has 0 bridgehead atoms. The molecule has 1 atom stereocenters. The van der Waals surface area contributed by atoms with Gasteiger partial charge in [0.1, 0.15) is 5.75 Å². The lowest BCUT2D eigenvalue weighted by Crippen LogP contribution is -2.26. The van der Waals surface area contributed by atoms with Crippen molar-refractivity contribution in [3.05, 3.63) is 28.8 Å². The monoisotopic (exact) mass is 209 g/mol. The topological polar surface area (TPSA) is 55.5 Å². The van der Waals surface area contributed by atoms with E-state index in [9.17, 15) is 0 Å². The van der Waals surface area contributed by atoms with Crippen LogP contribution in [0, 0.1) is 13.8 Å². The molecule has 15 heavy (non-hydrogen) atoms. The van der Waals surface area contributed by atoms with Crippen LogP contribution >= 0.6 is 0 Å². The van der Waals surface area contributed by atoms with E-state index >= 15 is 0 Å². The highest BCUT2D eigenvalue weighted by Gasteiger charge is 2.07. The van der Waals surface area contributed by atoms with Crippen LogP contribution in [0.2, 0.25) is 0 Å². The molecule has 0 aliphatic rings. The molecule has 0 aliphatic carbocycles. The molecule has 3 heteroatoms. The summed E-state index contributed by atoms with van der Waals surface area (Å²) >= 11 is 0. The second-order valence-electron chi connectivity index (χ2n) is 3.91. The summed E-state index contributed by atoms with van der Waals surface area (Å²) in [6.07, 6.45) is 0.697. The van der Waals surface area contributed by atoms with E-state index in [-0.39, 0.29) is 12.6 Å². The number of rotatable bonds is 4. The van der Waals surface area contributed by atoms with E-state index in [2.05, 4.69) is 12.1 Å². The summed E-state index contributed by atoms with van der Waals surface area (Å²) in [7, 11) is 1.68. The van der Waals surface area contributed by atoms with Gasteiger partial charge in [0.25, 0.3) is 0 Å². The Morgan fingerprint density at radius 1 is 1.33 bits per heavy atom. The number of hydrogen-bond acceptors (Lipinski definition) is 3. The fraction of sp³-hybridized carbons (Fsp3) is 0.500. The van der Waals surface area contributed by atoms with Gasteiger partial charge in [-0.15, -0.1) is 0 Å². The van der Waals surface area contributed by atoms with Crippen molar-refractivity contribution < 1.29 is 9.84 Å². The molecule has 3 N–H and O–H groups in total. The van der Waals surface area contributed by atoms with Crippen LogP contribution in [0.15, 0.2) is 12.1 Å². The highest BCUT2D eigenvalue weighted by molar-refractivity contribution is 5.43. The zero-order valence-corrected chi connectivity index (χ0v) is 9.58. The average molecular weight is 209 g/mol. The largest absolute Gasteiger partial charge is 0.496 e. The van der Waals surface area contributed by atoms with E-state index in [1.165, 1.54) is 0 Å². The number of nitrogens with two attached hydrogens (primary N) is 1. The minimum atomic E-state index is -0.183. The Morgan fingerprint density at radius 3 is 2.27 bits per heavy atom. The van der Waals surface area contributed by atoms with Crippen LogP contribution in [0.3, 0.4) is 0 Å². The molecule has 0 aromatic heterocycles. The van der Waals surface area contributed by atoms with E-state index in [0.29, 0.717) is 6.42 Å². The number of methoxy groups -OCH3 is 1. The molecule has 0 saturated heterocycles. The third kappa shape index (κ3) is 2.94. The maximum atomic E-state index is 8.89. The van der Waals surface area contributed by atoms with Crippen LogP contribution in [0.1, 0.15) is 16.7 Å². The molecule has 0 fully saturated rings. The number of benzene rings is 1. The first kappa shape index (κ1) is 12.0. The molecule has 0 aliphatic heterocycles. The minimum absolute atomic E-state index is 0.0180. The molecule has 84 valence electrons. The van der Waals surface area contributed by atoms with Crippen LogP contribution in [-0.4, -0.2) is 24.9 Å². The fourth-order valence-corrected chi connectivity index (χ4v) is 1.85. The lowest BCUT2D eigenvalue weighted by Gasteiger charge is -2.13. The zero-order chi connectivity index (χ0) is 11.4. The second kappa shape index (κ2) is 5.14. The maximum Gasteiger partial charge on any atom is 0.124 e. The SMILES string of the molecule is COc1c(C)cc(CC(N)CO)cc1C. The minimum Gasteiger partial charge on any atom is -0.496 e. The van der Waals surface area contributed by atoms with E-state index in [1.807, 2.05) is 13.8 Å². The van der Waals surface area contributed by atoms with Crippen molar-refractivity contribution in [1.82, 2.24) is 0 Å². The molecule has 0 radical (unpaired) electrons. The summed E-state index contributed by atoms with van der Waals surface area (Å²) in [5, 5.41) is 8.89. The van der Waals surface area contributed by atoms with Gasteiger partial charge in [0, 0.05) is 6.04 Å². The van der Waals surface area contributed by atoms with Gasteiger partial charge in [0.2, 0.25) is 0 Å². The summed E-state index contributed by atoms with van der Waals surface area (Å²) in [4.78, 5) is 0. The molecule has 1 unspecified atom stereocenters. The smallest absolute Gasteiger partial charge is 0.124 e. The third-order valence-electron chi connectivity index (χ3n) is 2.46. The summed E-state index contributed by atoms with van der Waals surface area (Å²) < 4.78 is 5.28. The second-order valence-corrected chi connectivity index (χ2v) is 3.91. The lowest BCUT2D eigenvalue weighted by atomic mass is 10.0. The molecule has 0 spiro atoms. The number of aryl methyl sites for hydroxylation is 2. The predicted molar refractivity (Wildman–Crippen MR) is 61.2 cm³/mol. The van der Waals surface area contributed by atoms with Crippen molar-refractivity contribution in [3.63, 3.8) is 0 Å². The Hall–Kier alpha value is -1.06. The first-order valence-corrected chi connectivity index (χ1v) is 5.09. The zero-order valence-electron chi connectivity index (χ0n) is 9.58. The molecule has 0 saturated carbocycles. The van der Waals surface area contributed by atoms with Gasteiger partial charge >= 0.3 is 0 Å². The molecule has 1 rings (SSSR count). The molecular formula is C12H19NO2. The summed E-state index contributed by atoms with van der Waals surface area (Å²) in [5.41, 5.74) is 9.06. The molecule has 1 aromatic rings. The molecule has 0 heterocycles. The highest BCUT2D eigenvalue weighted by Crippen LogP contribution is 2.24.